The number of halogens is 1. The molecule has 0 bridgehead atoms. The van der Waals surface area contributed by atoms with Crippen molar-refractivity contribution in [1.29, 1.82) is 0 Å². The minimum Gasteiger partial charge on any atom is -0.495 e. The van der Waals surface area contributed by atoms with Gasteiger partial charge in [-0.1, -0.05) is 29.8 Å². The standard InChI is InChI=1S/C19H17ClN2O3/c1-12(18(23)21-14-7-8-17(25-2)16(20)11-14)22-10-9-13-5-3-4-6-15(13)19(22)24/h3-12H,1-2H3,(H,21,23). The second-order valence-electron chi connectivity index (χ2n) is 5.63. The monoisotopic (exact) mass is 356 g/mol. The van der Waals surface area contributed by atoms with Crippen LogP contribution in [0.5, 0.6) is 5.75 Å². The lowest BCUT2D eigenvalue weighted by Gasteiger charge is -2.16. The number of anilines is 1. The fraction of sp³-hybridized carbons (Fsp3) is 0.158. The van der Waals surface area contributed by atoms with Crippen LogP contribution >= 0.6 is 11.6 Å². The number of nitrogens with zero attached hydrogens (tertiary/aromatic N) is 1. The number of hydrogen-bond donors (Lipinski definition) is 1. The number of pyridine rings is 1. The number of carbonyl (C=O) groups is 1. The average molecular weight is 357 g/mol. The molecule has 1 N–H and O–H groups in total. The highest BCUT2D eigenvalue weighted by molar-refractivity contribution is 6.32. The third kappa shape index (κ3) is 3.37. The molecule has 1 amide bonds. The van der Waals surface area contributed by atoms with Crippen molar-refractivity contribution in [3.8, 4) is 5.75 Å². The van der Waals surface area contributed by atoms with Crippen LogP contribution in [-0.4, -0.2) is 17.6 Å². The molecule has 0 spiro atoms. The van der Waals surface area contributed by atoms with Gasteiger partial charge in [-0.15, -0.1) is 0 Å². The first-order chi connectivity index (χ1) is 12.0. The molecule has 1 unspecified atom stereocenters. The number of hydrogen-bond acceptors (Lipinski definition) is 3. The maximum absolute atomic E-state index is 12.6. The van der Waals surface area contributed by atoms with Crippen LogP contribution in [0.25, 0.3) is 10.8 Å². The molecule has 5 nitrogen and oxygen atoms in total. The molecule has 0 aliphatic carbocycles. The van der Waals surface area contributed by atoms with Gasteiger partial charge < -0.3 is 14.6 Å². The number of nitrogens with one attached hydrogen (secondary N) is 1. The van der Waals surface area contributed by atoms with Crippen molar-refractivity contribution in [3.05, 3.63) is 70.1 Å². The van der Waals surface area contributed by atoms with E-state index < -0.39 is 6.04 Å². The van der Waals surface area contributed by atoms with Crippen LogP contribution < -0.4 is 15.6 Å². The lowest BCUT2D eigenvalue weighted by molar-refractivity contribution is -0.118. The van der Waals surface area contributed by atoms with Gasteiger partial charge in [-0.05, 0) is 42.6 Å². The lowest BCUT2D eigenvalue weighted by Crippen LogP contribution is -2.31. The van der Waals surface area contributed by atoms with Gasteiger partial charge in [0.15, 0.2) is 0 Å². The smallest absolute Gasteiger partial charge is 0.259 e. The predicted octanol–water partition coefficient (Wildman–Crippen LogP) is 3.86. The Balaban J connectivity index is 1.87. The zero-order chi connectivity index (χ0) is 18.0. The number of methoxy groups -OCH3 is 1. The number of rotatable bonds is 4. The van der Waals surface area contributed by atoms with Gasteiger partial charge in [0.05, 0.1) is 12.1 Å². The molecular weight excluding hydrogens is 340 g/mol. The summed E-state index contributed by atoms with van der Waals surface area (Å²) in [6.07, 6.45) is 1.63. The van der Waals surface area contributed by atoms with Crippen molar-refractivity contribution < 1.29 is 9.53 Å². The maximum Gasteiger partial charge on any atom is 0.259 e. The van der Waals surface area contributed by atoms with E-state index in [-0.39, 0.29) is 11.5 Å². The maximum atomic E-state index is 12.6. The van der Waals surface area contributed by atoms with E-state index in [2.05, 4.69) is 5.32 Å². The molecule has 1 atom stereocenters. The number of carbonyl (C=O) groups excluding carboxylic acids is 1. The Kier molecular flexibility index (Phi) is 4.76. The highest BCUT2D eigenvalue weighted by Crippen LogP contribution is 2.27. The normalized spacial score (nSPS) is 12.0. The van der Waals surface area contributed by atoms with Crippen molar-refractivity contribution in [3.63, 3.8) is 0 Å². The average Bonchev–Trinajstić information content (AvgIpc) is 2.62. The Hall–Kier alpha value is -2.79. The summed E-state index contributed by atoms with van der Waals surface area (Å²) >= 11 is 6.07. The number of amides is 1. The summed E-state index contributed by atoms with van der Waals surface area (Å²) in [7, 11) is 1.52. The van der Waals surface area contributed by atoms with Crippen molar-refractivity contribution in [2.45, 2.75) is 13.0 Å². The van der Waals surface area contributed by atoms with Crippen LogP contribution in [0.3, 0.4) is 0 Å². The van der Waals surface area contributed by atoms with Gasteiger partial charge in [-0.25, -0.2) is 0 Å². The number of aromatic nitrogens is 1. The molecule has 3 aromatic rings. The fourth-order valence-electron chi connectivity index (χ4n) is 2.63. The predicted molar refractivity (Wildman–Crippen MR) is 99.6 cm³/mol. The van der Waals surface area contributed by atoms with E-state index in [1.54, 1.807) is 43.5 Å². The minimum absolute atomic E-state index is 0.200. The van der Waals surface area contributed by atoms with Crippen molar-refractivity contribution in [1.82, 2.24) is 4.57 Å². The molecule has 25 heavy (non-hydrogen) atoms. The zero-order valence-electron chi connectivity index (χ0n) is 13.8. The topological polar surface area (TPSA) is 60.3 Å². The van der Waals surface area contributed by atoms with E-state index in [4.69, 9.17) is 16.3 Å². The van der Waals surface area contributed by atoms with E-state index in [1.165, 1.54) is 11.7 Å². The molecule has 1 aromatic heterocycles. The molecule has 128 valence electrons. The van der Waals surface area contributed by atoms with Crippen LogP contribution in [0.1, 0.15) is 13.0 Å². The first kappa shape index (κ1) is 17.0. The second-order valence-corrected chi connectivity index (χ2v) is 6.04. The molecule has 6 heteroatoms. The van der Waals surface area contributed by atoms with Crippen LogP contribution in [0.4, 0.5) is 5.69 Å². The van der Waals surface area contributed by atoms with Gasteiger partial charge >= 0.3 is 0 Å². The number of ether oxygens (including phenoxy) is 1. The number of fused-ring (bicyclic) bond motifs is 1. The van der Waals surface area contributed by atoms with Gasteiger partial charge in [-0.2, -0.15) is 0 Å². The molecule has 0 saturated carbocycles. The van der Waals surface area contributed by atoms with Crippen LogP contribution in [0.2, 0.25) is 5.02 Å². The largest absolute Gasteiger partial charge is 0.495 e. The molecular formula is C19H17ClN2O3. The summed E-state index contributed by atoms with van der Waals surface area (Å²) in [5.41, 5.74) is 0.338. The van der Waals surface area contributed by atoms with Crippen LogP contribution in [-0.2, 0) is 4.79 Å². The van der Waals surface area contributed by atoms with Gasteiger partial charge in [0.25, 0.3) is 5.56 Å². The Morgan fingerprint density at radius 1 is 1.20 bits per heavy atom. The van der Waals surface area contributed by atoms with Crippen LogP contribution in [0, 0.1) is 0 Å². The summed E-state index contributed by atoms with van der Waals surface area (Å²) in [6.45, 7) is 1.68. The highest BCUT2D eigenvalue weighted by atomic mass is 35.5. The number of benzene rings is 2. The van der Waals surface area contributed by atoms with Gasteiger partial charge in [0.2, 0.25) is 5.91 Å². The second kappa shape index (κ2) is 6.99. The van der Waals surface area contributed by atoms with Crippen molar-refractivity contribution >= 4 is 34.0 Å². The summed E-state index contributed by atoms with van der Waals surface area (Å²) < 4.78 is 6.51. The highest BCUT2D eigenvalue weighted by Gasteiger charge is 2.17. The van der Waals surface area contributed by atoms with E-state index in [1.807, 2.05) is 18.2 Å². The third-order valence-electron chi connectivity index (χ3n) is 4.06. The SMILES string of the molecule is COc1ccc(NC(=O)C(C)n2ccc3ccccc3c2=O)cc1Cl. The van der Waals surface area contributed by atoms with Crippen molar-refractivity contribution in [2.75, 3.05) is 12.4 Å². The van der Waals surface area contributed by atoms with Crippen LogP contribution in [0.15, 0.2) is 59.5 Å². The molecule has 0 saturated heterocycles. The van der Waals surface area contributed by atoms with E-state index in [9.17, 15) is 9.59 Å². The molecule has 2 aromatic carbocycles. The minimum atomic E-state index is -0.669. The summed E-state index contributed by atoms with van der Waals surface area (Å²) in [5.74, 6) is 0.220. The van der Waals surface area contributed by atoms with E-state index in [0.29, 0.717) is 21.8 Å². The quantitative estimate of drug-likeness (QED) is 0.772. The molecule has 1 heterocycles. The molecule has 3 rings (SSSR count). The Labute approximate surface area is 149 Å². The molecule has 0 aliphatic heterocycles. The first-order valence-corrected chi connectivity index (χ1v) is 8.13. The Morgan fingerprint density at radius 2 is 1.96 bits per heavy atom. The molecule has 0 radical (unpaired) electrons. The van der Waals surface area contributed by atoms with E-state index in [0.717, 1.165) is 5.39 Å². The van der Waals surface area contributed by atoms with Gasteiger partial charge in [-0.3, -0.25) is 9.59 Å². The van der Waals surface area contributed by atoms with Gasteiger partial charge in [0.1, 0.15) is 11.8 Å². The Bertz CT molecular complexity index is 997. The summed E-state index contributed by atoms with van der Waals surface area (Å²) in [6, 6.07) is 13.4. The molecule has 0 fully saturated rings. The fourth-order valence-corrected chi connectivity index (χ4v) is 2.88. The summed E-state index contributed by atoms with van der Waals surface area (Å²) in [5, 5.41) is 4.59. The van der Waals surface area contributed by atoms with Gasteiger partial charge in [0, 0.05) is 17.3 Å². The Morgan fingerprint density at radius 3 is 2.68 bits per heavy atom. The zero-order valence-corrected chi connectivity index (χ0v) is 14.6. The lowest BCUT2D eigenvalue weighted by atomic mass is 10.1. The summed E-state index contributed by atoms with van der Waals surface area (Å²) in [4.78, 5) is 25.1. The third-order valence-corrected chi connectivity index (χ3v) is 4.35. The molecule has 0 aliphatic rings. The van der Waals surface area contributed by atoms with E-state index >= 15 is 0 Å². The first-order valence-electron chi connectivity index (χ1n) is 7.75. The van der Waals surface area contributed by atoms with Crippen molar-refractivity contribution in [2.24, 2.45) is 0 Å².